The van der Waals surface area contributed by atoms with Crippen LogP contribution in [0.1, 0.15) is 42.5 Å². The number of hydrogen-bond acceptors (Lipinski definition) is 2. The maximum absolute atomic E-state index is 12.4. The maximum atomic E-state index is 12.4. The summed E-state index contributed by atoms with van der Waals surface area (Å²) in [6, 6.07) is 7.04. The molecule has 2 aliphatic rings. The molecule has 1 amide bonds. The van der Waals surface area contributed by atoms with Crippen LogP contribution in [0.15, 0.2) is 18.2 Å². The Balaban J connectivity index is 1.66. The molecular formula is C16H20ClIN2O. The van der Waals surface area contributed by atoms with E-state index in [1.54, 1.807) is 6.07 Å². The molecule has 114 valence electrons. The van der Waals surface area contributed by atoms with E-state index in [4.69, 9.17) is 11.6 Å². The van der Waals surface area contributed by atoms with Gasteiger partial charge in [-0.3, -0.25) is 4.79 Å². The van der Waals surface area contributed by atoms with Gasteiger partial charge in [-0.05, 0) is 73.5 Å². The molecule has 3 rings (SSSR count). The van der Waals surface area contributed by atoms with E-state index in [0.717, 1.165) is 16.4 Å². The molecule has 1 aromatic rings. The third-order valence-electron chi connectivity index (χ3n) is 4.86. The van der Waals surface area contributed by atoms with Gasteiger partial charge in [0.25, 0.3) is 5.91 Å². The van der Waals surface area contributed by atoms with Crippen molar-refractivity contribution in [1.82, 2.24) is 10.2 Å². The topological polar surface area (TPSA) is 32.3 Å². The van der Waals surface area contributed by atoms with E-state index in [1.165, 1.54) is 19.3 Å². The van der Waals surface area contributed by atoms with Crippen molar-refractivity contribution in [2.45, 2.75) is 50.2 Å². The number of benzene rings is 1. The summed E-state index contributed by atoms with van der Waals surface area (Å²) >= 11 is 8.27. The van der Waals surface area contributed by atoms with E-state index in [0.29, 0.717) is 28.7 Å². The van der Waals surface area contributed by atoms with Crippen LogP contribution in [-0.2, 0) is 0 Å². The molecule has 2 aliphatic heterocycles. The summed E-state index contributed by atoms with van der Waals surface area (Å²) < 4.78 is 0.972. The van der Waals surface area contributed by atoms with Crippen LogP contribution in [0.4, 0.5) is 0 Å². The largest absolute Gasteiger partial charge is 0.349 e. The van der Waals surface area contributed by atoms with Crippen molar-refractivity contribution in [3.05, 3.63) is 32.4 Å². The maximum Gasteiger partial charge on any atom is 0.251 e. The van der Waals surface area contributed by atoms with E-state index in [-0.39, 0.29) is 5.91 Å². The molecule has 0 aromatic heterocycles. The monoisotopic (exact) mass is 418 g/mol. The number of hydrogen-bond donors (Lipinski definition) is 1. The average molecular weight is 419 g/mol. The summed E-state index contributed by atoms with van der Waals surface area (Å²) in [5.41, 5.74) is 0.657. The van der Waals surface area contributed by atoms with Gasteiger partial charge in [-0.15, -0.1) is 0 Å². The Hall–Kier alpha value is -0.330. The second-order valence-electron chi connectivity index (χ2n) is 6.17. The van der Waals surface area contributed by atoms with Crippen LogP contribution < -0.4 is 5.32 Å². The number of carbonyl (C=O) groups excluding carboxylic acids is 1. The van der Waals surface area contributed by atoms with Crippen LogP contribution in [0.2, 0.25) is 5.02 Å². The normalized spacial score (nSPS) is 29.2. The van der Waals surface area contributed by atoms with Crippen LogP contribution in [0.25, 0.3) is 0 Å². The molecule has 3 nitrogen and oxygen atoms in total. The molecule has 0 spiro atoms. The lowest BCUT2D eigenvalue weighted by molar-refractivity contribution is 0.0463. The predicted molar refractivity (Wildman–Crippen MR) is 93.8 cm³/mol. The molecular weight excluding hydrogens is 399 g/mol. The molecule has 2 unspecified atom stereocenters. The van der Waals surface area contributed by atoms with Crippen molar-refractivity contribution < 1.29 is 4.79 Å². The van der Waals surface area contributed by atoms with Gasteiger partial charge in [0.1, 0.15) is 0 Å². The van der Waals surface area contributed by atoms with Gasteiger partial charge in [-0.1, -0.05) is 18.0 Å². The Bertz CT molecular complexity index is 537. The molecule has 2 heterocycles. The highest BCUT2D eigenvalue weighted by atomic mass is 127. The van der Waals surface area contributed by atoms with Crippen molar-refractivity contribution in [3.8, 4) is 0 Å². The fourth-order valence-electron chi connectivity index (χ4n) is 3.64. The van der Waals surface area contributed by atoms with Crippen molar-refractivity contribution in [2.24, 2.45) is 0 Å². The molecule has 2 bridgehead atoms. The first-order valence-electron chi connectivity index (χ1n) is 7.52. The lowest BCUT2D eigenvalue weighted by Crippen LogP contribution is -2.55. The van der Waals surface area contributed by atoms with Crippen LogP contribution in [0, 0.1) is 3.57 Å². The number of carbonyl (C=O) groups is 1. The summed E-state index contributed by atoms with van der Waals surface area (Å²) in [5, 5.41) is 3.85. The fraction of sp³-hybridized carbons (Fsp3) is 0.562. The first kappa shape index (κ1) is 15.6. The zero-order valence-electron chi connectivity index (χ0n) is 12.1. The van der Waals surface area contributed by atoms with Gasteiger partial charge < -0.3 is 10.2 Å². The van der Waals surface area contributed by atoms with E-state index >= 15 is 0 Å². The number of amides is 1. The highest BCUT2D eigenvalue weighted by molar-refractivity contribution is 14.1. The molecule has 0 saturated carbocycles. The molecule has 2 atom stereocenters. The smallest absolute Gasteiger partial charge is 0.251 e. The van der Waals surface area contributed by atoms with Crippen molar-refractivity contribution >= 4 is 40.1 Å². The van der Waals surface area contributed by atoms with Crippen molar-refractivity contribution in [3.63, 3.8) is 0 Å². The zero-order valence-corrected chi connectivity index (χ0v) is 15.0. The van der Waals surface area contributed by atoms with Crippen LogP contribution in [0.3, 0.4) is 0 Å². The molecule has 2 saturated heterocycles. The van der Waals surface area contributed by atoms with Gasteiger partial charge >= 0.3 is 0 Å². The van der Waals surface area contributed by atoms with Crippen LogP contribution in [0.5, 0.6) is 0 Å². The number of nitrogens with one attached hydrogen (secondary N) is 1. The molecule has 0 radical (unpaired) electrons. The first-order chi connectivity index (χ1) is 10.0. The third kappa shape index (κ3) is 3.37. The fourth-order valence-corrected chi connectivity index (χ4v) is 4.16. The van der Waals surface area contributed by atoms with E-state index in [2.05, 4.69) is 39.9 Å². The van der Waals surface area contributed by atoms with E-state index < -0.39 is 0 Å². The predicted octanol–water partition coefficient (Wildman–Crippen LogP) is 3.69. The van der Waals surface area contributed by atoms with Gasteiger partial charge in [0.15, 0.2) is 0 Å². The number of rotatable bonds is 2. The van der Waals surface area contributed by atoms with E-state index in [1.807, 2.05) is 12.1 Å². The molecule has 5 heteroatoms. The SMILES string of the molecule is CN1C2CCCC1CC(NC(=O)c1ccc(I)c(Cl)c1)C2. The van der Waals surface area contributed by atoms with Gasteiger partial charge in [0, 0.05) is 27.3 Å². The Kier molecular flexibility index (Phi) is 4.76. The minimum atomic E-state index is 0.000858. The van der Waals surface area contributed by atoms with Crippen LogP contribution >= 0.6 is 34.2 Å². The summed E-state index contributed by atoms with van der Waals surface area (Å²) in [6.45, 7) is 0. The molecule has 2 fully saturated rings. The second-order valence-corrected chi connectivity index (χ2v) is 7.74. The molecule has 1 aromatic carbocycles. The van der Waals surface area contributed by atoms with Gasteiger partial charge in [0.05, 0.1) is 5.02 Å². The highest BCUT2D eigenvalue weighted by Gasteiger charge is 2.36. The first-order valence-corrected chi connectivity index (χ1v) is 8.98. The van der Waals surface area contributed by atoms with Crippen LogP contribution in [-0.4, -0.2) is 36.0 Å². The number of halogens is 2. The van der Waals surface area contributed by atoms with Crippen molar-refractivity contribution in [2.75, 3.05) is 7.05 Å². The Morgan fingerprint density at radius 3 is 2.62 bits per heavy atom. The summed E-state index contributed by atoms with van der Waals surface area (Å²) in [6.07, 6.45) is 5.98. The average Bonchev–Trinajstić information content (AvgIpc) is 2.43. The summed E-state index contributed by atoms with van der Waals surface area (Å²) in [7, 11) is 2.23. The summed E-state index contributed by atoms with van der Waals surface area (Å²) in [5.74, 6) is 0.000858. The van der Waals surface area contributed by atoms with E-state index in [9.17, 15) is 4.79 Å². The zero-order chi connectivity index (χ0) is 15.0. The number of fused-ring (bicyclic) bond motifs is 2. The minimum Gasteiger partial charge on any atom is -0.349 e. The lowest BCUT2D eigenvalue weighted by Gasteiger charge is -2.47. The Labute approximate surface area is 144 Å². The minimum absolute atomic E-state index is 0.000858. The Morgan fingerprint density at radius 1 is 1.33 bits per heavy atom. The molecule has 0 aliphatic carbocycles. The van der Waals surface area contributed by atoms with Gasteiger partial charge in [-0.25, -0.2) is 0 Å². The Morgan fingerprint density at radius 2 is 2.00 bits per heavy atom. The third-order valence-corrected chi connectivity index (χ3v) is 6.43. The van der Waals surface area contributed by atoms with Gasteiger partial charge in [0.2, 0.25) is 0 Å². The van der Waals surface area contributed by atoms with Gasteiger partial charge in [-0.2, -0.15) is 0 Å². The quantitative estimate of drug-likeness (QED) is 0.743. The number of piperidine rings is 2. The number of nitrogens with zero attached hydrogens (tertiary/aromatic N) is 1. The summed E-state index contributed by atoms with van der Waals surface area (Å²) in [4.78, 5) is 14.9. The molecule has 21 heavy (non-hydrogen) atoms. The molecule has 1 N–H and O–H groups in total. The second kappa shape index (κ2) is 6.42. The lowest BCUT2D eigenvalue weighted by atomic mass is 9.82. The highest BCUT2D eigenvalue weighted by Crippen LogP contribution is 2.32. The van der Waals surface area contributed by atoms with Crippen molar-refractivity contribution in [1.29, 1.82) is 0 Å². The standard InChI is InChI=1S/C16H20ClIN2O/c1-20-12-3-2-4-13(20)9-11(8-12)19-16(21)10-5-6-15(18)14(17)7-10/h5-7,11-13H,2-4,8-9H2,1H3,(H,19,21).